The topological polar surface area (TPSA) is 26.0 Å². The summed E-state index contributed by atoms with van der Waals surface area (Å²) in [7, 11) is 0. The zero-order valence-electron chi connectivity index (χ0n) is 6.69. The summed E-state index contributed by atoms with van der Waals surface area (Å²) in [6, 6.07) is 0. The van der Waals surface area contributed by atoms with Crippen molar-refractivity contribution < 1.29 is 0 Å². The van der Waals surface area contributed by atoms with Crippen LogP contribution in [0.5, 0.6) is 0 Å². The molecular formula is C7H17Cl2N. The van der Waals surface area contributed by atoms with Gasteiger partial charge >= 0.3 is 0 Å². The fourth-order valence-electron chi connectivity index (χ4n) is 0.862. The van der Waals surface area contributed by atoms with Gasteiger partial charge in [-0.05, 0) is 25.8 Å². The Morgan fingerprint density at radius 1 is 1.30 bits per heavy atom. The maximum Gasteiger partial charge on any atom is 0.0453 e. The fraction of sp³-hybridized carbons (Fsp3) is 1.00. The lowest BCUT2D eigenvalue weighted by Crippen LogP contribution is -2.23. The van der Waals surface area contributed by atoms with Crippen LogP contribution in [0.1, 0.15) is 33.1 Å². The molecule has 0 spiro atoms. The molecule has 0 atom stereocenters. The van der Waals surface area contributed by atoms with Gasteiger partial charge in [-0.2, -0.15) is 0 Å². The summed E-state index contributed by atoms with van der Waals surface area (Å²) in [5, 5.41) is 0. The predicted molar refractivity (Wildman–Crippen MR) is 50.1 cm³/mol. The SMILES string of the molecule is CCC(Cl)(CC)CCN.Cl. The number of hydrogen-bond acceptors (Lipinski definition) is 1. The van der Waals surface area contributed by atoms with E-state index in [9.17, 15) is 0 Å². The lowest BCUT2D eigenvalue weighted by molar-refractivity contribution is 0.503. The molecule has 64 valence electrons. The van der Waals surface area contributed by atoms with E-state index in [1.165, 1.54) is 0 Å². The second-order valence-electron chi connectivity index (χ2n) is 2.40. The van der Waals surface area contributed by atoms with Crippen LogP contribution in [0.4, 0.5) is 0 Å². The molecule has 0 aliphatic rings. The van der Waals surface area contributed by atoms with Gasteiger partial charge in [-0.15, -0.1) is 24.0 Å². The Morgan fingerprint density at radius 3 is 1.80 bits per heavy atom. The third kappa shape index (κ3) is 4.37. The molecule has 0 aromatic heterocycles. The summed E-state index contributed by atoms with van der Waals surface area (Å²) in [4.78, 5) is -0.0191. The standard InChI is InChI=1S/C7H16ClN.ClH/c1-3-7(8,4-2)5-6-9;/h3-6,9H2,1-2H3;1H. The van der Waals surface area contributed by atoms with Gasteiger partial charge in [0, 0.05) is 4.87 Å². The number of nitrogens with two attached hydrogens (primary N) is 1. The molecule has 0 radical (unpaired) electrons. The lowest BCUT2D eigenvalue weighted by atomic mass is 9.99. The van der Waals surface area contributed by atoms with Gasteiger partial charge < -0.3 is 5.73 Å². The average Bonchev–Trinajstić information content (AvgIpc) is 1.89. The molecule has 2 N–H and O–H groups in total. The van der Waals surface area contributed by atoms with Crippen LogP contribution in [0.25, 0.3) is 0 Å². The fourth-order valence-corrected chi connectivity index (χ4v) is 0.971. The number of halogens is 2. The molecular weight excluding hydrogens is 169 g/mol. The zero-order chi connectivity index (χ0) is 7.33. The molecule has 0 fully saturated rings. The van der Waals surface area contributed by atoms with Crippen molar-refractivity contribution in [2.75, 3.05) is 6.54 Å². The summed E-state index contributed by atoms with van der Waals surface area (Å²) >= 11 is 6.13. The Labute approximate surface area is 74.7 Å². The van der Waals surface area contributed by atoms with E-state index in [1.54, 1.807) is 0 Å². The van der Waals surface area contributed by atoms with Gasteiger partial charge in [0.1, 0.15) is 0 Å². The summed E-state index contributed by atoms with van der Waals surface area (Å²) in [5.74, 6) is 0. The van der Waals surface area contributed by atoms with E-state index >= 15 is 0 Å². The zero-order valence-corrected chi connectivity index (χ0v) is 8.26. The molecule has 0 saturated carbocycles. The highest BCUT2D eigenvalue weighted by Crippen LogP contribution is 2.26. The molecule has 0 aliphatic carbocycles. The second kappa shape index (κ2) is 6.26. The van der Waals surface area contributed by atoms with Gasteiger partial charge in [-0.3, -0.25) is 0 Å². The van der Waals surface area contributed by atoms with Crippen molar-refractivity contribution in [3.63, 3.8) is 0 Å². The normalized spacial score (nSPS) is 10.8. The van der Waals surface area contributed by atoms with E-state index in [2.05, 4.69) is 13.8 Å². The third-order valence-corrected chi connectivity index (χ3v) is 2.58. The molecule has 0 amide bonds. The number of hydrogen-bond donors (Lipinski definition) is 1. The van der Waals surface area contributed by atoms with Crippen molar-refractivity contribution in [3.05, 3.63) is 0 Å². The minimum absolute atomic E-state index is 0. The smallest absolute Gasteiger partial charge is 0.0453 e. The molecule has 0 heterocycles. The van der Waals surface area contributed by atoms with Crippen LogP contribution in [0.2, 0.25) is 0 Å². The molecule has 1 nitrogen and oxygen atoms in total. The molecule has 0 rings (SSSR count). The van der Waals surface area contributed by atoms with Crippen LogP contribution in [-0.2, 0) is 0 Å². The Balaban J connectivity index is 0. The van der Waals surface area contributed by atoms with Crippen molar-refractivity contribution in [2.45, 2.75) is 38.0 Å². The predicted octanol–water partition coefficient (Wildman–Crippen LogP) is 2.55. The summed E-state index contributed by atoms with van der Waals surface area (Å²) < 4.78 is 0. The van der Waals surface area contributed by atoms with Gasteiger partial charge in [0.2, 0.25) is 0 Å². The molecule has 3 heteroatoms. The maximum atomic E-state index is 6.13. The van der Waals surface area contributed by atoms with Crippen molar-refractivity contribution in [3.8, 4) is 0 Å². The highest BCUT2D eigenvalue weighted by atomic mass is 35.5. The van der Waals surface area contributed by atoms with Crippen LogP contribution in [0.15, 0.2) is 0 Å². The molecule has 0 aromatic carbocycles. The van der Waals surface area contributed by atoms with Gasteiger partial charge in [-0.1, -0.05) is 13.8 Å². The monoisotopic (exact) mass is 185 g/mol. The largest absolute Gasteiger partial charge is 0.330 e. The quantitative estimate of drug-likeness (QED) is 0.671. The van der Waals surface area contributed by atoms with Crippen LogP contribution in [0, 0.1) is 0 Å². The van der Waals surface area contributed by atoms with E-state index in [-0.39, 0.29) is 17.3 Å². The van der Waals surface area contributed by atoms with Crippen LogP contribution < -0.4 is 5.73 Å². The molecule has 0 aliphatic heterocycles. The highest BCUT2D eigenvalue weighted by molar-refractivity contribution is 6.23. The second-order valence-corrected chi connectivity index (χ2v) is 3.20. The highest BCUT2D eigenvalue weighted by Gasteiger charge is 2.20. The number of rotatable bonds is 4. The first-order chi connectivity index (χ1) is 4.18. The summed E-state index contributed by atoms with van der Waals surface area (Å²) in [6.45, 7) is 4.91. The van der Waals surface area contributed by atoms with Crippen molar-refractivity contribution in [2.24, 2.45) is 5.73 Å². The van der Waals surface area contributed by atoms with E-state index < -0.39 is 0 Å². The Bertz CT molecular complexity index is 72.0. The average molecular weight is 186 g/mol. The number of alkyl halides is 1. The lowest BCUT2D eigenvalue weighted by Gasteiger charge is -2.22. The van der Waals surface area contributed by atoms with E-state index in [4.69, 9.17) is 17.3 Å². The van der Waals surface area contributed by atoms with Crippen molar-refractivity contribution in [1.29, 1.82) is 0 Å². The Morgan fingerprint density at radius 2 is 1.70 bits per heavy atom. The first-order valence-electron chi connectivity index (χ1n) is 3.57. The van der Waals surface area contributed by atoms with Crippen molar-refractivity contribution >= 4 is 24.0 Å². The Kier molecular flexibility index (Phi) is 8.24. The van der Waals surface area contributed by atoms with Gasteiger partial charge in [-0.25, -0.2) is 0 Å². The third-order valence-electron chi connectivity index (χ3n) is 1.86. The van der Waals surface area contributed by atoms with Crippen LogP contribution in [0.3, 0.4) is 0 Å². The van der Waals surface area contributed by atoms with Crippen LogP contribution in [-0.4, -0.2) is 11.4 Å². The Hall–Kier alpha value is 0.540. The van der Waals surface area contributed by atoms with Gasteiger partial charge in [0.15, 0.2) is 0 Å². The maximum absolute atomic E-state index is 6.13. The first kappa shape index (κ1) is 13.2. The summed E-state index contributed by atoms with van der Waals surface area (Å²) in [5.41, 5.74) is 5.38. The molecule has 10 heavy (non-hydrogen) atoms. The van der Waals surface area contributed by atoms with E-state index in [0.717, 1.165) is 19.3 Å². The minimum atomic E-state index is -0.0191. The molecule has 0 unspecified atom stereocenters. The summed E-state index contributed by atoms with van der Waals surface area (Å²) in [6.07, 6.45) is 2.96. The molecule has 0 bridgehead atoms. The van der Waals surface area contributed by atoms with E-state index in [0.29, 0.717) is 6.54 Å². The van der Waals surface area contributed by atoms with Crippen molar-refractivity contribution in [1.82, 2.24) is 0 Å². The van der Waals surface area contributed by atoms with E-state index in [1.807, 2.05) is 0 Å². The van der Waals surface area contributed by atoms with Gasteiger partial charge in [0.25, 0.3) is 0 Å². The molecule has 0 saturated heterocycles. The van der Waals surface area contributed by atoms with Crippen LogP contribution >= 0.6 is 24.0 Å². The minimum Gasteiger partial charge on any atom is -0.330 e. The first-order valence-corrected chi connectivity index (χ1v) is 3.95. The molecule has 0 aromatic rings. The van der Waals surface area contributed by atoms with Gasteiger partial charge in [0.05, 0.1) is 0 Å².